The highest BCUT2D eigenvalue weighted by Gasteiger charge is 2.68. The second-order valence-electron chi connectivity index (χ2n) is 9.46. The minimum absolute atomic E-state index is 0.219. The lowest BCUT2D eigenvalue weighted by Crippen LogP contribution is -2.75. The molecule has 0 radical (unpaired) electrons. The Bertz CT molecular complexity index is 579. The fraction of sp³-hybridized carbons (Fsp3) is 0.900. The summed E-state index contributed by atoms with van der Waals surface area (Å²) in [6.07, 6.45) is -0.584. The summed E-state index contributed by atoms with van der Waals surface area (Å²) in [7, 11) is 0. The van der Waals surface area contributed by atoms with Crippen LogP contribution in [0.4, 0.5) is 9.59 Å². The smallest absolute Gasteiger partial charge is 0.405 e. The molecule has 0 aromatic carbocycles. The number of hydrogen-bond donors (Lipinski definition) is 4. The first-order chi connectivity index (χ1) is 13.5. The van der Waals surface area contributed by atoms with Gasteiger partial charge in [-0.05, 0) is 42.3 Å². The number of primary amides is 2. The lowest BCUT2D eigenvalue weighted by atomic mass is 9.54. The third-order valence-electron chi connectivity index (χ3n) is 5.56. The number of nitrogens with two attached hydrogens (primary N) is 2. The maximum absolute atomic E-state index is 12.3. The molecule has 6 N–H and O–H groups in total. The topological polar surface area (TPSA) is 145 Å². The molecule has 30 heavy (non-hydrogen) atoms. The first-order valence-corrected chi connectivity index (χ1v) is 12.6. The van der Waals surface area contributed by atoms with E-state index >= 15 is 0 Å². The number of ether oxygens (including phenoxy) is 2. The largest absolute Gasteiger partial charge is 0.443 e. The first kappa shape index (κ1) is 29.2. The number of hydrogen-bond acceptors (Lipinski definition) is 8. The Kier molecular flexibility index (Phi) is 10.8. The van der Waals surface area contributed by atoms with Gasteiger partial charge in [-0.25, -0.2) is 9.59 Å². The van der Waals surface area contributed by atoms with Crippen molar-refractivity contribution in [2.75, 3.05) is 24.0 Å². The normalized spacial score (nSPS) is 18.6. The van der Waals surface area contributed by atoms with Gasteiger partial charge in [-0.15, -0.1) is 0 Å². The molecule has 0 aromatic rings. The molecule has 0 saturated heterocycles. The lowest BCUT2D eigenvalue weighted by Gasteiger charge is -2.60. The Morgan fingerprint density at radius 1 is 0.933 bits per heavy atom. The summed E-state index contributed by atoms with van der Waals surface area (Å²) in [5.41, 5.74) is 5.22. The predicted molar refractivity (Wildman–Crippen MR) is 124 cm³/mol. The van der Waals surface area contributed by atoms with E-state index in [9.17, 15) is 19.8 Å². The van der Waals surface area contributed by atoms with Gasteiger partial charge in [0.25, 0.3) is 0 Å². The van der Waals surface area contributed by atoms with Crippen molar-refractivity contribution in [3.05, 3.63) is 0 Å². The fourth-order valence-electron chi connectivity index (χ4n) is 4.06. The van der Waals surface area contributed by atoms with E-state index < -0.39 is 46.4 Å². The SMILES string of the molecule is CSCCC(OC(N)=O)C(O)C(O)(C(C)(C)C)C(CCSC)(OC(N)=O)C(C)(C)C. The number of amides is 2. The molecular weight excluding hydrogens is 428 g/mol. The molecule has 0 aliphatic heterocycles. The summed E-state index contributed by atoms with van der Waals surface area (Å²) < 4.78 is 10.9. The third-order valence-corrected chi connectivity index (χ3v) is 6.81. The van der Waals surface area contributed by atoms with E-state index in [0.29, 0.717) is 11.5 Å². The number of carbonyl (C=O) groups is 2. The summed E-state index contributed by atoms with van der Waals surface area (Å²) in [6, 6.07) is 0. The van der Waals surface area contributed by atoms with Crippen LogP contribution in [0.15, 0.2) is 0 Å². The molecule has 2 amide bonds. The first-order valence-electron chi connectivity index (χ1n) is 9.84. The van der Waals surface area contributed by atoms with Crippen molar-refractivity contribution in [3.8, 4) is 0 Å². The maximum atomic E-state index is 12.3. The molecule has 8 nitrogen and oxygen atoms in total. The number of aliphatic hydroxyl groups is 2. The van der Waals surface area contributed by atoms with Crippen LogP contribution in [-0.4, -0.2) is 69.8 Å². The zero-order chi connectivity index (χ0) is 24.0. The molecule has 0 rings (SSSR count). The van der Waals surface area contributed by atoms with E-state index in [1.165, 1.54) is 23.5 Å². The molecular formula is C20H40N2O6S2. The van der Waals surface area contributed by atoms with E-state index in [4.69, 9.17) is 20.9 Å². The predicted octanol–water partition coefficient (Wildman–Crippen LogP) is 2.97. The number of carbonyl (C=O) groups excluding carboxylic acids is 2. The highest BCUT2D eigenvalue weighted by Crippen LogP contribution is 2.54. The van der Waals surface area contributed by atoms with E-state index in [0.717, 1.165) is 0 Å². The second-order valence-corrected chi connectivity index (χ2v) is 11.4. The Hall–Kier alpha value is -0.840. The summed E-state index contributed by atoms with van der Waals surface area (Å²) in [4.78, 5) is 23.6. The lowest BCUT2D eigenvalue weighted by molar-refractivity contribution is -0.292. The van der Waals surface area contributed by atoms with Crippen molar-refractivity contribution in [3.63, 3.8) is 0 Å². The second kappa shape index (κ2) is 11.2. The van der Waals surface area contributed by atoms with Crippen LogP contribution in [0.3, 0.4) is 0 Å². The molecule has 0 bridgehead atoms. The van der Waals surface area contributed by atoms with E-state index in [-0.39, 0.29) is 12.8 Å². The Morgan fingerprint density at radius 2 is 1.43 bits per heavy atom. The van der Waals surface area contributed by atoms with Crippen LogP contribution in [0.2, 0.25) is 0 Å². The standard InChI is InChI=1S/C20H40N2O6S2/c1-17(2,3)19(10-12-30-8,28-16(22)25)20(26,18(4,5)6)14(23)13(9-11-29-7)27-15(21)24/h13-14,23,26H,9-12H2,1-8H3,(H2,21,24)(H2,22,25). The van der Waals surface area contributed by atoms with Crippen LogP contribution in [0.1, 0.15) is 54.4 Å². The molecule has 4 unspecified atom stereocenters. The van der Waals surface area contributed by atoms with E-state index in [1.54, 1.807) is 20.8 Å². The van der Waals surface area contributed by atoms with Crippen molar-refractivity contribution in [2.24, 2.45) is 22.3 Å². The number of thioether (sulfide) groups is 2. The van der Waals surface area contributed by atoms with Crippen molar-refractivity contribution in [2.45, 2.75) is 77.8 Å². The van der Waals surface area contributed by atoms with E-state index in [1.807, 2.05) is 33.3 Å². The van der Waals surface area contributed by atoms with Crippen LogP contribution in [-0.2, 0) is 9.47 Å². The summed E-state index contributed by atoms with van der Waals surface area (Å²) in [6.45, 7) is 10.6. The Morgan fingerprint density at radius 3 is 1.77 bits per heavy atom. The van der Waals surface area contributed by atoms with Crippen molar-refractivity contribution >= 4 is 35.7 Å². The van der Waals surface area contributed by atoms with Gasteiger partial charge in [0.15, 0.2) is 5.60 Å². The van der Waals surface area contributed by atoms with Gasteiger partial charge in [0.05, 0.1) is 0 Å². The minimum Gasteiger partial charge on any atom is -0.443 e. The Balaban J connectivity index is 6.91. The third kappa shape index (κ3) is 6.34. The minimum atomic E-state index is -2.04. The summed E-state index contributed by atoms with van der Waals surface area (Å²) in [5.74, 6) is 1.08. The van der Waals surface area contributed by atoms with Gasteiger partial charge in [0, 0.05) is 5.41 Å². The molecule has 0 aromatic heterocycles. The molecule has 0 fully saturated rings. The number of aliphatic hydroxyl groups excluding tert-OH is 1. The average Bonchev–Trinajstić information content (AvgIpc) is 2.58. The van der Waals surface area contributed by atoms with Gasteiger partial charge in [-0.2, -0.15) is 23.5 Å². The zero-order valence-corrected chi connectivity index (χ0v) is 21.1. The molecule has 0 saturated carbocycles. The summed E-state index contributed by atoms with van der Waals surface area (Å²) in [5, 5.41) is 23.8. The van der Waals surface area contributed by atoms with Crippen LogP contribution in [0, 0.1) is 10.8 Å². The highest BCUT2D eigenvalue weighted by atomic mass is 32.2. The molecule has 10 heteroatoms. The van der Waals surface area contributed by atoms with Gasteiger partial charge >= 0.3 is 12.2 Å². The monoisotopic (exact) mass is 468 g/mol. The van der Waals surface area contributed by atoms with Gasteiger partial charge < -0.3 is 31.2 Å². The molecule has 0 spiro atoms. The average molecular weight is 469 g/mol. The molecule has 0 aliphatic carbocycles. The van der Waals surface area contributed by atoms with Gasteiger partial charge in [-0.3, -0.25) is 0 Å². The summed E-state index contributed by atoms with van der Waals surface area (Å²) >= 11 is 3.01. The van der Waals surface area contributed by atoms with Crippen LogP contribution in [0.25, 0.3) is 0 Å². The Labute approximate surface area is 189 Å². The van der Waals surface area contributed by atoms with Crippen LogP contribution >= 0.6 is 23.5 Å². The van der Waals surface area contributed by atoms with E-state index in [2.05, 4.69) is 0 Å². The molecule has 0 heterocycles. The van der Waals surface area contributed by atoms with Crippen molar-refractivity contribution < 1.29 is 29.3 Å². The highest BCUT2D eigenvalue weighted by molar-refractivity contribution is 7.98. The van der Waals surface area contributed by atoms with Crippen LogP contribution in [0.5, 0.6) is 0 Å². The van der Waals surface area contributed by atoms with Crippen LogP contribution < -0.4 is 11.5 Å². The number of rotatable bonds is 11. The molecule has 0 aliphatic rings. The maximum Gasteiger partial charge on any atom is 0.405 e. The van der Waals surface area contributed by atoms with Crippen molar-refractivity contribution in [1.82, 2.24) is 0 Å². The van der Waals surface area contributed by atoms with Gasteiger partial charge in [0.1, 0.15) is 17.8 Å². The van der Waals surface area contributed by atoms with Crippen molar-refractivity contribution in [1.29, 1.82) is 0 Å². The zero-order valence-electron chi connectivity index (χ0n) is 19.5. The molecule has 178 valence electrons. The molecule has 4 atom stereocenters. The quantitative estimate of drug-likeness (QED) is 0.362. The van der Waals surface area contributed by atoms with Gasteiger partial charge in [-0.1, -0.05) is 41.5 Å². The fourth-order valence-corrected chi connectivity index (χ4v) is 5.02. The van der Waals surface area contributed by atoms with Gasteiger partial charge in [0.2, 0.25) is 0 Å².